The Morgan fingerprint density at radius 3 is 2.35 bits per heavy atom. The second-order valence-corrected chi connectivity index (χ2v) is 6.48. The zero-order valence-electron chi connectivity index (χ0n) is 13.7. The van der Waals surface area contributed by atoms with E-state index in [0.29, 0.717) is 5.56 Å². The number of phenols is 2. The molecule has 144 valence electrons. The highest BCUT2D eigenvalue weighted by atomic mass is 32.2. The van der Waals surface area contributed by atoms with Crippen molar-refractivity contribution in [2.24, 2.45) is 11.5 Å². The SMILES string of the molecule is NCCC(=O)N[C@H](Cc1cc(O)c(O)c(SC[C@@H](N)C(=O)O)c1)C(=O)O. The van der Waals surface area contributed by atoms with Crippen LogP contribution in [0.2, 0.25) is 0 Å². The van der Waals surface area contributed by atoms with Crippen molar-refractivity contribution in [3.05, 3.63) is 17.7 Å². The fourth-order valence-corrected chi connectivity index (χ4v) is 2.94. The molecule has 1 rings (SSSR count). The van der Waals surface area contributed by atoms with Crippen LogP contribution in [-0.2, 0) is 20.8 Å². The molecule has 0 saturated heterocycles. The van der Waals surface area contributed by atoms with Gasteiger partial charge in [-0.25, -0.2) is 4.79 Å². The molecular formula is C15H21N3O7S. The molecule has 9 N–H and O–H groups in total. The van der Waals surface area contributed by atoms with Gasteiger partial charge in [-0.2, -0.15) is 0 Å². The fourth-order valence-electron chi connectivity index (χ4n) is 1.96. The van der Waals surface area contributed by atoms with Gasteiger partial charge in [-0.15, -0.1) is 11.8 Å². The summed E-state index contributed by atoms with van der Waals surface area (Å²) in [7, 11) is 0. The number of thioether (sulfide) groups is 1. The summed E-state index contributed by atoms with van der Waals surface area (Å²) in [6, 6.07) is 0.144. The third-order valence-electron chi connectivity index (χ3n) is 3.29. The molecule has 0 saturated carbocycles. The molecule has 0 aliphatic rings. The molecule has 1 aromatic rings. The number of nitrogens with one attached hydrogen (secondary N) is 1. The number of nitrogens with two attached hydrogens (primary N) is 2. The van der Waals surface area contributed by atoms with Gasteiger partial charge in [0.15, 0.2) is 11.5 Å². The van der Waals surface area contributed by atoms with Crippen LogP contribution >= 0.6 is 11.8 Å². The molecule has 0 aliphatic heterocycles. The summed E-state index contributed by atoms with van der Waals surface area (Å²) < 4.78 is 0. The van der Waals surface area contributed by atoms with Crippen LogP contribution in [0.25, 0.3) is 0 Å². The second-order valence-electron chi connectivity index (χ2n) is 5.42. The normalized spacial score (nSPS) is 13.0. The Morgan fingerprint density at radius 1 is 1.15 bits per heavy atom. The molecule has 26 heavy (non-hydrogen) atoms. The maximum absolute atomic E-state index is 11.6. The Labute approximate surface area is 153 Å². The van der Waals surface area contributed by atoms with Crippen molar-refractivity contribution in [1.29, 1.82) is 0 Å². The lowest BCUT2D eigenvalue weighted by Crippen LogP contribution is -2.42. The summed E-state index contributed by atoms with van der Waals surface area (Å²) in [6.45, 7) is 0.0722. The predicted octanol–water partition coefficient (Wildman–Crippen LogP) is -0.937. The number of carbonyl (C=O) groups is 3. The highest BCUT2D eigenvalue weighted by Crippen LogP contribution is 2.37. The highest BCUT2D eigenvalue weighted by molar-refractivity contribution is 7.99. The molecule has 0 bridgehead atoms. The quantitative estimate of drug-likeness (QED) is 0.194. The van der Waals surface area contributed by atoms with Crippen LogP contribution in [0.3, 0.4) is 0 Å². The van der Waals surface area contributed by atoms with Crippen molar-refractivity contribution in [2.45, 2.75) is 29.8 Å². The van der Waals surface area contributed by atoms with Crippen LogP contribution < -0.4 is 16.8 Å². The predicted molar refractivity (Wildman–Crippen MR) is 93.0 cm³/mol. The minimum absolute atomic E-state index is 0.0290. The third kappa shape index (κ3) is 6.43. The van der Waals surface area contributed by atoms with E-state index in [9.17, 15) is 29.7 Å². The topological polar surface area (TPSA) is 196 Å². The Hall–Kier alpha value is -2.50. The number of aromatic hydroxyl groups is 2. The van der Waals surface area contributed by atoms with Crippen molar-refractivity contribution < 1.29 is 34.8 Å². The Morgan fingerprint density at radius 2 is 1.81 bits per heavy atom. The number of carbonyl (C=O) groups excluding carboxylic acids is 1. The first-order chi connectivity index (χ1) is 12.1. The first kappa shape index (κ1) is 21.5. The van der Waals surface area contributed by atoms with Gasteiger partial charge in [0.05, 0.1) is 4.90 Å². The number of hydrogen-bond donors (Lipinski definition) is 7. The first-order valence-corrected chi connectivity index (χ1v) is 8.52. The van der Waals surface area contributed by atoms with Gasteiger partial charge in [-0.3, -0.25) is 9.59 Å². The summed E-state index contributed by atoms with van der Waals surface area (Å²) in [5.41, 5.74) is 11.0. The van der Waals surface area contributed by atoms with Crippen LogP contribution in [0.5, 0.6) is 11.5 Å². The Balaban J connectivity index is 2.95. The molecule has 1 aromatic carbocycles. The number of benzene rings is 1. The molecule has 2 atom stereocenters. The van der Waals surface area contributed by atoms with Gasteiger partial charge in [0.1, 0.15) is 12.1 Å². The van der Waals surface area contributed by atoms with Crippen molar-refractivity contribution in [2.75, 3.05) is 12.3 Å². The average Bonchev–Trinajstić information content (AvgIpc) is 2.55. The van der Waals surface area contributed by atoms with E-state index in [1.165, 1.54) is 12.1 Å². The molecule has 0 spiro atoms. The minimum Gasteiger partial charge on any atom is -0.504 e. The molecule has 0 aliphatic carbocycles. The summed E-state index contributed by atoms with van der Waals surface area (Å²) in [5.74, 6) is -4.04. The van der Waals surface area contributed by atoms with E-state index in [1.807, 2.05) is 0 Å². The third-order valence-corrected chi connectivity index (χ3v) is 4.44. The number of carboxylic acids is 2. The van der Waals surface area contributed by atoms with Gasteiger partial charge >= 0.3 is 11.9 Å². The number of hydrogen-bond acceptors (Lipinski definition) is 8. The molecule has 10 nitrogen and oxygen atoms in total. The van der Waals surface area contributed by atoms with E-state index in [2.05, 4.69) is 5.32 Å². The zero-order valence-corrected chi connectivity index (χ0v) is 14.5. The average molecular weight is 387 g/mol. The molecule has 0 aromatic heterocycles. The molecular weight excluding hydrogens is 366 g/mol. The Bertz CT molecular complexity index is 683. The van der Waals surface area contributed by atoms with Crippen LogP contribution in [0, 0.1) is 0 Å². The molecule has 0 unspecified atom stereocenters. The summed E-state index contributed by atoms with van der Waals surface area (Å²) in [4.78, 5) is 33.8. The molecule has 0 heterocycles. The van der Waals surface area contributed by atoms with E-state index in [-0.39, 0.29) is 30.0 Å². The number of phenolic OH excluding ortho intramolecular Hbond substituents is 2. The lowest BCUT2D eigenvalue weighted by atomic mass is 10.0. The Kier molecular flexibility index (Phi) is 8.16. The molecule has 0 radical (unpaired) electrons. The maximum atomic E-state index is 11.6. The second kappa shape index (κ2) is 9.85. The van der Waals surface area contributed by atoms with E-state index < -0.39 is 41.4 Å². The van der Waals surface area contributed by atoms with Gasteiger partial charge in [0, 0.05) is 25.1 Å². The number of aliphatic carboxylic acids is 2. The lowest BCUT2D eigenvalue weighted by molar-refractivity contribution is -0.141. The summed E-state index contributed by atoms with van der Waals surface area (Å²) >= 11 is 0.902. The van der Waals surface area contributed by atoms with Crippen molar-refractivity contribution >= 4 is 29.6 Å². The first-order valence-electron chi connectivity index (χ1n) is 7.54. The monoisotopic (exact) mass is 387 g/mol. The van der Waals surface area contributed by atoms with Crippen molar-refractivity contribution in [3.8, 4) is 11.5 Å². The standard InChI is InChI=1S/C15H21N3O7S/c16-2-1-12(20)18-9(15(24)25)3-7-4-10(19)13(21)11(5-7)26-6-8(17)14(22)23/h4-5,8-9,19,21H,1-3,6,16-17H2,(H,18,20)(H,22,23)(H,24,25)/t8-,9-/m1/s1. The van der Waals surface area contributed by atoms with Crippen molar-refractivity contribution in [3.63, 3.8) is 0 Å². The van der Waals surface area contributed by atoms with Crippen LogP contribution in [0.15, 0.2) is 17.0 Å². The van der Waals surface area contributed by atoms with Gasteiger partial charge in [0.2, 0.25) is 5.91 Å². The summed E-state index contributed by atoms with van der Waals surface area (Å²) in [5, 5.41) is 40.0. The van der Waals surface area contributed by atoms with Gasteiger partial charge < -0.3 is 37.2 Å². The molecule has 0 fully saturated rings. The van der Waals surface area contributed by atoms with Crippen LogP contribution in [0.1, 0.15) is 12.0 Å². The zero-order chi connectivity index (χ0) is 19.9. The minimum atomic E-state index is -1.27. The smallest absolute Gasteiger partial charge is 0.326 e. The van der Waals surface area contributed by atoms with E-state index >= 15 is 0 Å². The van der Waals surface area contributed by atoms with Crippen molar-refractivity contribution in [1.82, 2.24) is 5.32 Å². The maximum Gasteiger partial charge on any atom is 0.326 e. The van der Waals surface area contributed by atoms with Crippen LogP contribution in [-0.4, -0.2) is 62.7 Å². The van der Waals surface area contributed by atoms with Gasteiger partial charge in [-0.1, -0.05) is 0 Å². The number of amides is 1. The van der Waals surface area contributed by atoms with Crippen LogP contribution in [0.4, 0.5) is 0 Å². The molecule has 1 amide bonds. The molecule has 11 heteroatoms. The van der Waals surface area contributed by atoms with Gasteiger partial charge in [0.25, 0.3) is 0 Å². The van der Waals surface area contributed by atoms with E-state index in [4.69, 9.17) is 16.6 Å². The van der Waals surface area contributed by atoms with Gasteiger partial charge in [-0.05, 0) is 17.7 Å². The largest absolute Gasteiger partial charge is 0.504 e. The fraction of sp³-hybridized carbons (Fsp3) is 0.400. The number of rotatable bonds is 10. The van der Waals surface area contributed by atoms with E-state index in [0.717, 1.165) is 11.8 Å². The number of carboxylic acid groups (broad SMARTS) is 2. The highest BCUT2D eigenvalue weighted by Gasteiger charge is 2.22. The van der Waals surface area contributed by atoms with E-state index in [1.54, 1.807) is 0 Å². The summed E-state index contributed by atoms with van der Waals surface area (Å²) in [6.07, 6.45) is -0.184. The lowest BCUT2D eigenvalue weighted by Gasteiger charge is -2.16.